The van der Waals surface area contributed by atoms with Gasteiger partial charge in [0, 0.05) is 19.0 Å². The molecule has 2 aromatic rings. The molecule has 0 radical (unpaired) electrons. The second-order valence-electron chi connectivity index (χ2n) is 3.96. The molecule has 0 saturated carbocycles. The molecule has 0 fully saturated rings. The zero-order chi connectivity index (χ0) is 13.8. The van der Waals surface area contributed by atoms with Gasteiger partial charge < -0.3 is 10.1 Å². The average Bonchev–Trinajstić information content (AvgIpc) is 2.90. The highest BCUT2D eigenvalue weighted by Crippen LogP contribution is 2.29. The summed E-state index contributed by atoms with van der Waals surface area (Å²) in [4.78, 5) is 11.6. The van der Waals surface area contributed by atoms with E-state index < -0.39 is 0 Å². The third kappa shape index (κ3) is 3.24. The lowest BCUT2D eigenvalue weighted by Crippen LogP contribution is -2.05. The largest absolute Gasteiger partial charge is 0.378 e. The minimum atomic E-state index is 0.495. The monoisotopic (exact) mass is 389 g/mol. The molecule has 0 amide bonds. The summed E-state index contributed by atoms with van der Waals surface area (Å²) in [5.74, 6) is 1.62. The first-order valence-corrected chi connectivity index (χ1v) is 7.91. The first-order valence-electron chi connectivity index (χ1n) is 6.01. The molecule has 4 nitrogen and oxygen atoms in total. The third-order valence-electron chi connectivity index (χ3n) is 2.67. The molecule has 6 heteroatoms. The van der Waals surface area contributed by atoms with E-state index in [9.17, 15) is 0 Å². The summed E-state index contributed by atoms with van der Waals surface area (Å²) in [6.07, 6.45) is 1.04. The van der Waals surface area contributed by atoms with Gasteiger partial charge in [-0.1, -0.05) is 6.92 Å². The Labute approximate surface area is 130 Å². The summed E-state index contributed by atoms with van der Waals surface area (Å²) in [5, 5.41) is 3.12. The van der Waals surface area contributed by atoms with Crippen LogP contribution in [0.4, 0.5) is 5.82 Å². The molecule has 2 rings (SSSR count). The van der Waals surface area contributed by atoms with Gasteiger partial charge >= 0.3 is 0 Å². The molecule has 0 bridgehead atoms. The van der Waals surface area contributed by atoms with E-state index in [4.69, 9.17) is 4.74 Å². The van der Waals surface area contributed by atoms with Gasteiger partial charge in [-0.05, 0) is 41.1 Å². The summed E-state index contributed by atoms with van der Waals surface area (Å²) in [5.41, 5.74) is 0.920. The van der Waals surface area contributed by atoms with Crippen molar-refractivity contribution >= 4 is 39.7 Å². The minimum Gasteiger partial charge on any atom is -0.378 e. The van der Waals surface area contributed by atoms with Crippen molar-refractivity contribution in [2.75, 3.05) is 19.5 Å². The second kappa shape index (κ2) is 6.62. The van der Waals surface area contributed by atoms with E-state index in [1.54, 1.807) is 18.4 Å². The molecule has 102 valence electrons. The summed E-state index contributed by atoms with van der Waals surface area (Å²) < 4.78 is 6.22. The van der Waals surface area contributed by atoms with Crippen LogP contribution in [0.5, 0.6) is 0 Å². The Hall–Kier alpha value is -0.730. The average molecular weight is 389 g/mol. The molecule has 0 atom stereocenters. The molecule has 0 aliphatic carbocycles. The van der Waals surface area contributed by atoms with Gasteiger partial charge in [-0.2, -0.15) is 0 Å². The van der Waals surface area contributed by atoms with Gasteiger partial charge in [0.15, 0.2) is 5.82 Å². The normalized spacial score (nSPS) is 10.7. The molecule has 0 aliphatic heterocycles. The molecular weight excluding hydrogens is 373 g/mol. The number of nitrogens with zero attached hydrogens (tertiary/aromatic N) is 2. The summed E-state index contributed by atoms with van der Waals surface area (Å²) in [6.45, 7) is 2.65. The van der Waals surface area contributed by atoms with Crippen molar-refractivity contribution in [3.05, 3.63) is 26.3 Å². The van der Waals surface area contributed by atoms with Crippen molar-refractivity contribution in [3.8, 4) is 10.7 Å². The number of aromatic nitrogens is 2. The van der Waals surface area contributed by atoms with Crippen LogP contribution in [0.15, 0.2) is 12.1 Å². The van der Waals surface area contributed by atoms with E-state index in [-0.39, 0.29) is 0 Å². The maximum atomic E-state index is 5.21. The minimum absolute atomic E-state index is 0.495. The van der Waals surface area contributed by atoms with Gasteiger partial charge in [0.05, 0.1) is 20.7 Å². The van der Waals surface area contributed by atoms with Gasteiger partial charge in [0.2, 0.25) is 0 Å². The van der Waals surface area contributed by atoms with Gasteiger partial charge in [0.25, 0.3) is 0 Å². The predicted octanol–water partition coefficient (Wildman–Crippen LogP) is 3.56. The maximum Gasteiger partial charge on any atom is 0.172 e. The zero-order valence-corrected chi connectivity index (χ0v) is 14.1. The molecule has 0 spiro atoms. The number of anilines is 1. The lowest BCUT2D eigenvalue weighted by Gasteiger charge is -2.09. The van der Waals surface area contributed by atoms with Crippen LogP contribution < -0.4 is 5.32 Å². The summed E-state index contributed by atoms with van der Waals surface area (Å²) in [7, 11) is 3.55. The Bertz CT molecular complexity index is 571. The van der Waals surface area contributed by atoms with E-state index >= 15 is 0 Å². The van der Waals surface area contributed by atoms with Crippen LogP contribution in [-0.4, -0.2) is 24.1 Å². The van der Waals surface area contributed by atoms with E-state index in [1.165, 1.54) is 4.88 Å². The van der Waals surface area contributed by atoms with Crippen molar-refractivity contribution in [1.29, 1.82) is 0 Å². The highest BCUT2D eigenvalue weighted by Gasteiger charge is 2.13. The topological polar surface area (TPSA) is 47.0 Å². The molecule has 0 unspecified atom stereocenters. The Kier molecular flexibility index (Phi) is 5.12. The number of hydrogen-bond acceptors (Lipinski definition) is 5. The van der Waals surface area contributed by atoms with E-state index in [0.717, 1.165) is 32.2 Å². The summed E-state index contributed by atoms with van der Waals surface area (Å²) >= 11 is 3.99. The van der Waals surface area contributed by atoms with Crippen molar-refractivity contribution in [1.82, 2.24) is 9.97 Å². The van der Waals surface area contributed by atoms with Gasteiger partial charge in [-0.15, -0.1) is 11.3 Å². The number of nitrogens with one attached hydrogen (secondary N) is 1. The number of ether oxygens (including phenoxy) is 1. The molecule has 2 heterocycles. The predicted molar refractivity (Wildman–Crippen MR) is 87.7 cm³/mol. The molecule has 1 N–H and O–H groups in total. The maximum absolute atomic E-state index is 5.21. The smallest absolute Gasteiger partial charge is 0.172 e. The van der Waals surface area contributed by atoms with Gasteiger partial charge in [-0.3, -0.25) is 0 Å². The fourth-order valence-electron chi connectivity index (χ4n) is 1.69. The highest BCUT2D eigenvalue weighted by atomic mass is 127. The summed E-state index contributed by atoms with van der Waals surface area (Å²) in [6, 6.07) is 4.22. The number of hydrogen-bond donors (Lipinski definition) is 1. The second-order valence-corrected chi connectivity index (χ2v) is 6.21. The first-order chi connectivity index (χ1) is 9.19. The number of aryl methyl sites for hydroxylation is 1. The number of rotatable bonds is 5. The van der Waals surface area contributed by atoms with Crippen LogP contribution in [0.3, 0.4) is 0 Å². The highest BCUT2D eigenvalue weighted by molar-refractivity contribution is 14.1. The molecule has 0 aliphatic rings. The van der Waals surface area contributed by atoms with Gasteiger partial charge in [-0.25, -0.2) is 9.97 Å². The van der Waals surface area contributed by atoms with Crippen molar-refractivity contribution in [2.45, 2.75) is 20.0 Å². The molecular formula is C13H16IN3OS. The standard InChI is InChI=1S/C13H16IN3OS/c1-4-8-5-6-10(19-8)12-16-9(7-18-3)11(14)13(15-2)17-12/h5-6H,4,7H2,1-3H3,(H,15,16,17). The SMILES string of the molecule is CCc1ccc(-c2nc(COC)c(I)c(NC)n2)s1. The Morgan fingerprint density at radius 2 is 2.16 bits per heavy atom. The number of thiophene rings is 1. The number of halogens is 1. The lowest BCUT2D eigenvalue weighted by atomic mass is 10.3. The van der Waals surface area contributed by atoms with Crippen molar-refractivity contribution in [2.24, 2.45) is 0 Å². The molecule has 19 heavy (non-hydrogen) atoms. The number of methoxy groups -OCH3 is 1. The van der Waals surface area contributed by atoms with Crippen molar-refractivity contribution < 1.29 is 4.74 Å². The Balaban J connectivity index is 2.47. The van der Waals surface area contributed by atoms with Crippen LogP contribution in [0.25, 0.3) is 10.7 Å². The first kappa shape index (κ1) is 14.7. The lowest BCUT2D eigenvalue weighted by molar-refractivity contribution is 0.181. The fourth-order valence-corrected chi connectivity index (χ4v) is 3.24. The van der Waals surface area contributed by atoms with Crippen LogP contribution in [0.1, 0.15) is 17.5 Å². The van der Waals surface area contributed by atoms with Crippen LogP contribution in [0.2, 0.25) is 0 Å². The zero-order valence-electron chi connectivity index (χ0n) is 11.2. The van der Waals surface area contributed by atoms with E-state index in [1.807, 2.05) is 7.05 Å². The van der Waals surface area contributed by atoms with Crippen LogP contribution in [-0.2, 0) is 17.8 Å². The Morgan fingerprint density at radius 3 is 2.74 bits per heavy atom. The van der Waals surface area contributed by atoms with Gasteiger partial charge in [0.1, 0.15) is 5.82 Å². The van der Waals surface area contributed by atoms with E-state index in [0.29, 0.717) is 6.61 Å². The molecule has 0 saturated heterocycles. The quantitative estimate of drug-likeness (QED) is 0.795. The third-order valence-corrected chi connectivity index (χ3v) is 5.03. The Morgan fingerprint density at radius 1 is 1.37 bits per heavy atom. The molecule has 2 aromatic heterocycles. The van der Waals surface area contributed by atoms with Crippen LogP contribution >= 0.6 is 33.9 Å². The van der Waals surface area contributed by atoms with Crippen LogP contribution in [0, 0.1) is 3.57 Å². The molecule has 0 aromatic carbocycles. The van der Waals surface area contributed by atoms with Crippen molar-refractivity contribution in [3.63, 3.8) is 0 Å². The fraction of sp³-hybridized carbons (Fsp3) is 0.385. The van der Waals surface area contributed by atoms with E-state index in [2.05, 4.69) is 56.9 Å².